The van der Waals surface area contributed by atoms with Gasteiger partial charge in [0.1, 0.15) is 5.60 Å². The Kier molecular flexibility index (Phi) is 4.65. The minimum absolute atomic E-state index is 0.160. The molecule has 1 aliphatic rings. The van der Waals surface area contributed by atoms with Crippen LogP contribution in [0.5, 0.6) is 0 Å². The van der Waals surface area contributed by atoms with Gasteiger partial charge in [0, 0.05) is 31.0 Å². The average Bonchev–Trinajstić information content (AvgIpc) is 2.37. The van der Waals surface area contributed by atoms with Crippen molar-refractivity contribution in [2.75, 3.05) is 18.4 Å². The fourth-order valence-electron chi connectivity index (χ4n) is 2.29. The fraction of sp³-hybridized carbons (Fsp3) is 0.667. The van der Waals surface area contributed by atoms with E-state index in [2.05, 4.69) is 15.3 Å². The molecule has 0 spiro atoms. The number of anilines is 1. The summed E-state index contributed by atoms with van der Waals surface area (Å²) >= 11 is 0. The van der Waals surface area contributed by atoms with Crippen LogP contribution in [0.4, 0.5) is 10.7 Å². The molecule has 21 heavy (non-hydrogen) atoms. The van der Waals surface area contributed by atoms with Gasteiger partial charge in [0.25, 0.3) is 0 Å². The summed E-state index contributed by atoms with van der Waals surface area (Å²) < 4.78 is 5.42. The van der Waals surface area contributed by atoms with Gasteiger partial charge in [0.2, 0.25) is 5.95 Å². The lowest BCUT2D eigenvalue weighted by atomic mass is 10.1. The summed E-state index contributed by atoms with van der Waals surface area (Å²) in [6.45, 7) is 8.93. The molecule has 1 amide bonds. The fourth-order valence-corrected chi connectivity index (χ4v) is 2.29. The van der Waals surface area contributed by atoms with E-state index < -0.39 is 5.60 Å². The number of carbonyl (C=O) groups excluding carboxylic acids is 1. The normalized spacial score (nSPS) is 19.2. The minimum Gasteiger partial charge on any atom is -0.444 e. The lowest BCUT2D eigenvalue weighted by Gasteiger charge is -2.34. The largest absolute Gasteiger partial charge is 0.444 e. The first-order chi connectivity index (χ1) is 9.83. The van der Waals surface area contributed by atoms with Crippen molar-refractivity contribution in [1.29, 1.82) is 0 Å². The van der Waals surface area contributed by atoms with Gasteiger partial charge in [-0.05, 0) is 46.6 Å². The molecule has 2 heterocycles. The van der Waals surface area contributed by atoms with Crippen LogP contribution in [0.2, 0.25) is 0 Å². The topological polar surface area (TPSA) is 67.4 Å². The Bertz CT molecular complexity index is 499. The van der Waals surface area contributed by atoms with E-state index in [1.165, 1.54) is 0 Å². The van der Waals surface area contributed by atoms with E-state index in [0.717, 1.165) is 25.1 Å². The molecule has 0 saturated carbocycles. The minimum atomic E-state index is -0.461. The predicted molar refractivity (Wildman–Crippen MR) is 81.2 cm³/mol. The number of hydrogen-bond acceptors (Lipinski definition) is 5. The van der Waals surface area contributed by atoms with Crippen LogP contribution >= 0.6 is 0 Å². The summed E-state index contributed by atoms with van der Waals surface area (Å²) in [5.41, 5.74) is 0.462. The van der Waals surface area contributed by atoms with Crippen molar-refractivity contribution in [2.45, 2.75) is 52.2 Å². The maximum absolute atomic E-state index is 12.1. The van der Waals surface area contributed by atoms with Crippen molar-refractivity contribution in [2.24, 2.45) is 0 Å². The summed E-state index contributed by atoms with van der Waals surface area (Å²) in [7, 11) is 0. The van der Waals surface area contributed by atoms with Gasteiger partial charge in [-0.3, -0.25) is 0 Å². The van der Waals surface area contributed by atoms with Gasteiger partial charge in [0.05, 0.1) is 0 Å². The second kappa shape index (κ2) is 6.28. The average molecular weight is 292 g/mol. The molecule has 1 aromatic rings. The third kappa shape index (κ3) is 4.88. The first-order valence-electron chi connectivity index (χ1n) is 7.37. The molecular formula is C15H24N4O2. The lowest BCUT2D eigenvalue weighted by Crippen LogP contribution is -2.47. The number of carbonyl (C=O) groups is 1. The Balaban J connectivity index is 1.93. The Hall–Kier alpha value is -1.85. The van der Waals surface area contributed by atoms with Crippen LogP contribution in [0, 0.1) is 6.92 Å². The first kappa shape index (κ1) is 15.5. The number of hydrogen-bond donors (Lipinski definition) is 1. The molecule has 1 fully saturated rings. The standard InChI is InChI=1S/C15H24N4O2/c1-11-7-8-16-13(17-11)18-12-6-5-9-19(10-12)14(20)21-15(2,3)4/h7-8,12H,5-6,9-10H2,1-4H3,(H,16,17,18)/t12-/m1/s1. The lowest BCUT2D eigenvalue weighted by molar-refractivity contribution is 0.0206. The molecule has 1 aromatic heterocycles. The molecule has 0 unspecified atom stereocenters. The van der Waals surface area contributed by atoms with Crippen molar-refractivity contribution in [3.8, 4) is 0 Å². The van der Waals surface area contributed by atoms with E-state index in [-0.39, 0.29) is 12.1 Å². The van der Waals surface area contributed by atoms with Crippen molar-refractivity contribution < 1.29 is 9.53 Å². The van der Waals surface area contributed by atoms with Crippen LogP contribution in [-0.4, -0.2) is 45.7 Å². The van der Waals surface area contributed by atoms with Crippen LogP contribution in [-0.2, 0) is 4.74 Å². The molecule has 1 aliphatic heterocycles. The summed E-state index contributed by atoms with van der Waals surface area (Å²) in [5.74, 6) is 0.617. The molecular weight excluding hydrogens is 268 g/mol. The highest BCUT2D eigenvalue weighted by Gasteiger charge is 2.27. The number of rotatable bonds is 2. The van der Waals surface area contributed by atoms with Crippen molar-refractivity contribution >= 4 is 12.0 Å². The Labute approximate surface area is 125 Å². The van der Waals surface area contributed by atoms with Gasteiger partial charge in [-0.25, -0.2) is 14.8 Å². The second-order valence-corrected chi connectivity index (χ2v) is 6.43. The maximum atomic E-state index is 12.1. The molecule has 2 rings (SSSR count). The molecule has 1 saturated heterocycles. The monoisotopic (exact) mass is 292 g/mol. The van der Waals surface area contributed by atoms with Gasteiger partial charge in [-0.1, -0.05) is 0 Å². The highest BCUT2D eigenvalue weighted by Crippen LogP contribution is 2.17. The Morgan fingerprint density at radius 2 is 2.24 bits per heavy atom. The van der Waals surface area contributed by atoms with Crippen molar-refractivity contribution in [1.82, 2.24) is 14.9 Å². The summed E-state index contributed by atoms with van der Waals surface area (Å²) in [5, 5.41) is 3.30. The van der Waals surface area contributed by atoms with Gasteiger partial charge in [0.15, 0.2) is 0 Å². The maximum Gasteiger partial charge on any atom is 0.410 e. The third-order valence-electron chi connectivity index (χ3n) is 3.20. The quantitative estimate of drug-likeness (QED) is 0.907. The second-order valence-electron chi connectivity index (χ2n) is 6.43. The van der Waals surface area contributed by atoms with Crippen LogP contribution in [0.15, 0.2) is 12.3 Å². The van der Waals surface area contributed by atoms with E-state index in [1.807, 2.05) is 33.8 Å². The molecule has 0 aliphatic carbocycles. The zero-order valence-corrected chi connectivity index (χ0v) is 13.2. The van der Waals surface area contributed by atoms with E-state index in [1.54, 1.807) is 11.1 Å². The molecule has 0 bridgehead atoms. The molecule has 1 N–H and O–H groups in total. The summed E-state index contributed by atoms with van der Waals surface area (Å²) in [4.78, 5) is 22.4. The van der Waals surface area contributed by atoms with Crippen LogP contribution in [0.3, 0.4) is 0 Å². The first-order valence-corrected chi connectivity index (χ1v) is 7.37. The number of aromatic nitrogens is 2. The Morgan fingerprint density at radius 1 is 1.48 bits per heavy atom. The van der Waals surface area contributed by atoms with Gasteiger partial charge < -0.3 is 15.0 Å². The zero-order chi connectivity index (χ0) is 15.5. The Morgan fingerprint density at radius 3 is 2.90 bits per heavy atom. The SMILES string of the molecule is Cc1ccnc(N[C@@H]2CCCN(C(=O)OC(C)(C)C)C2)n1. The molecule has 0 radical (unpaired) electrons. The van der Waals surface area contributed by atoms with E-state index >= 15 is 0 Å². The van der Waals surface area contributed by atoms with Gasteiger partial charge in [-0.2, -0.15) is 0 Å². The highest BCUT2D eigenvalue weighted by molar-refractivity contribution is 5.68. The number of nitrogens with one attached hydrogen (secondary N) is 1. The number of nitrogens with zero attached hydrogens (tertiary/aromatic N) is 3. The van der Waals surface area contributed by atoms with Gasteiger partial charge in [-0.15, -0.1) is 0 Å². The highest BCUT2D eigenvalue weighted by atomic mass is 16.6. The number of likely N-dealkylation sites (tertiary alicyclic amines) is 1. The van der Waals surface area contributed by atoms with E-state index in [4.69, 9.17) is 4.74 Å². The zero-order valence-electron chi connectivity index (χ0n) is 13.2. The smallest absolute Gasteiger partial charge is 0.410 e. The van der Waals surface area contributed by atoms with Crippen LogP contribution in [0.25, 0.3) is 0 Å². The number of amides is 1. The molecule has 1 atom stereocenters. The van der Waals surface area contributed by atoms with Crippen LogP contribution < -0.4 is 5.32 Å². The van der Waals surface area contributed by atoms with E-state index in [9.17, 15) is 4.79 Å². The van der Waals surface area contributed by atoms with E-state index in [0.29, 0.717) is 12.5 Å². The molecule has 6 nitrogen and oxygen atoms in total. The molecule has 0 aromatic carbocycles. The summed E-state index contributed by atoms with van der Waals surface area (Å²) in [6, 6.07) is 2.02. The van der Waals surface area contributed by atoms with Crippen molar-refractivity contribution in [3.63, 3.8) is 0 Å². The van der Waals surface area contributed by atoms with Crippen molar-refractivity contribution in [3.05, 3.63) is 18.0 Å². The number of ether oxygens (including phenoxy) is 1. The predicted octanol–water partition coefficient (Wildman–Crippen LogP) is 2.60. The third-order valence-corrected chi connectivity index (χ3v) is 3.20. The summed E-state index contributed by atoms with van der Waals surface area (Å²) in [6.07, 6.45) is 3.43. The molecule has 116 valence electrons. The van der Waals surface area contributed by atoms with Gasteiger partial charge >= 0.3 is 6.09 Å². The molecule has 6 heteroatoms. The van der Waals surface area contributed by atoms with Crippen LogP contribution in [0.1, 0.15) is 39.3 Å². The number of piperidine rings is 1. The number of aryl methyl sites for hydroxylation is 1.